The summed E-state index contributed by atoms with van der Waals surface area (Å²) in [6.45, 7) is 3.58. The van der Waals surface area contributed by atoms with Crippen molar-refractivity contribution in [2.75, 3.05) is 12.4 Å². The van der Waals surface area contributed by atoms with Gasteiger partial charge in [0, 0.05) is 12.4 Å². The second kappa shape index (κ2) is 5.43. The maximum Gasteiger partial charge on any atom is 0.316 e. The number of amides is 1. The standard InChI is InChI=1S/C13H14N4O2/c1-8-11(9(2)16-13(15-8)19-3)17-12(18)10-5-4-6-14-7-10/h4-7H,1-3H3,(H,17,18). The van der Waals surface area contributed by atoms with Crippen LogP contribution in [0.3, 0.4) is 0 Å². The van der Waals surface area contributed by atoms with Crippen LogP contribution in [0.15, 0.2) is 24.5 Å². The number of aryl methyl sites for hydroxylation is 2. The molecule has 1 N–H and O–H groups in total. The minimum absolute atomic E-state index is 0.243. The number of carbonyl (C=O) groups is 1. The summed E-state index contributed by atoms with van der Waals surface area (Å²) in [7, 11) is 1.50. The number of hydrogen-bond donors (Lipinski definition) is 1. The number of hydrogen-bond acceptors (Lipinski definition) is 5. The highest BCUT2D eigenvalue weighted by molar-refractivity contribution is 6.04. The van der Waals surface area contributed by atoms with Gasteiger partial charge in [-0.15, -0.1) is 0 Å². The van der Waals surface area contributed by atoms with Crippen molar-refractivity contribution in [2.45, 2.75) is 13.8 Å². The molecule has 0 aliphatic rings. The van der Waals surface area contributed by atoms with Gasteiger partial charge in [0.05, 0.1) is 29.7 Å². The van der Waals surface area contributed by atoms with E-state index in [1.807, 2.05) is 0 Å². The molecular formula is C13H14N4O2. The number of methoxy groups -OCH3 is 1. The number of nitrogens with zero attached hydrogens (tertiary/aromatic N) is 3. The molecule has 6 nitrogen and oxygen atoms in total. The SMILES string of the molecule is COc1nc(C)c(NC(=O)c2cccnc2)c(C)n1. The monoisotopic (exact) mass is 258 g/mol. The summed E-state index contributed by atoms with van der Waals surface area (Å²) in [5.41, 5.74) is 2.38. The van der Waals surface area contributed by atoms with Crippen LogP contribution >= 0.6 is 0 Å². The zero-order valence-corrected chi connectivity index (χ0v) is 11.0. The van der Waals surface area contributed by atoms with Gasteiger partial charge in [-0.05, 0) is 26.0 Å². The van der Waals surface area contributed by atoms with Crippen LogP contribution in [0, 0.1) is 13.8 Å². The maximum atomic E-state index is 12.0. The lowest BCUT2D eigenvalue weighted by Gasteiger charge is -2.11. The Morgan fingerprint density at radius 2 is 1.95 bits per heavy atom. The minimum Gasteiger partial charge on any atom is -0.467 e. The zero-order chi connectivity index (χ0) is 13.8. The fourth-order valence-electron chi connectivity index (χ4n) is 1.64. The highest BCUT2D eigenvalue weighted by Gasteiger charge is 2.13. The number of pyridine rings is 1. The van der Waals surface area contributed by atoms with Crippen LogP contribution < -0.4 is 10.1 Å². The predicted molar refractivity (Wildman–Crippen MR) is 70.2 cm³/mol. The summed E-state index contributed by atoms with van der Waals surface area (Å²) in [6, 6.07) is 3.69. The number of nitrogens with one attached hydrogen (secondary N) is 1. The first-order chi connectivity index (χ1) is 9.11. The first-order valence-electron chi connectivity index (χ1n) is 5.72. The van der Waals surface area contributed by atoms with Crippen molar-refractivity contribution in [1.82, 2.24) is 15.0 Å². The summed E-state index contributed by atoms with van der Waals surface area (Å²) >= 11 is 0. The Hall–Kier alpha value is -2.50. The third kappa shape index (κ3) is 2.85. The largest absolute Gasteiger partial charge is 0.467 e. The van der Waals surface area contributed by atoms with Gasteiger partial charge in [-0.3, -0.25) is 9.78 Å². The molecule has 0 unspecified atom stereocenters. The van der Waals surface area contributed by atoms with E-state index in [4.69, 9.17) is 4.74 Å². The van der Waals surface area contributed by atoms with Crippen molar-refractivity contribution in [3.63, 3.8) is 0 Å². The Morgan fingerprint density at radius 1 is 1.26 bits per heavy atom. The Labute approximate surface area is 110 Å². The fourth-order valence-corrected chi connectivity index (χ4v) is 1.64. The molecule has 0 aromatic carbocycles. The quantitative estimate of drug-likeness (QED) is 0.907. The molecule has 2 aromatic heterocycles. The molecule has 2 rings (SSSR count). The van der Waals surface area contributed by atoms with Gasteiger partial charge in [0.15, 0.2) is 0 Å². The normalized spacial score (nSPS) is 10.1. The molecular weight excluding hydrogens is 244 g/mol. The van der Waals surface area contributed by atoms with Crippen LogP contribution in [0.1, 0.15) is 21.7 Å². The second-order valence-corrected chi connectivity index (χ2v) is 3.95. The van der Waals surface area contributed by atoms with Crippen molar-refractivity contribution in [3.8, 4) is 6.01 Å². The summed E-state index contributed by atoms with van der Waals surface area (Å²) in [5.74, 6) is -0.243. The molecule has 0 spiro atoms. The lowest BCUT2D eigenvalue weighted by molar-refractivity contribution is 0.102. The molecule has 1 amide bonds. The van der Waals surface area contributed by atoms with Crippen molar-refractivity contribution in [3.05, 3.63) is 41.5 Å². The Balaban J connectivity index is 2.27. The maximum absolute atomic E-state index is 12.0. The Bertz CT molecular complexity index is 576. The molecule has 0 aliphatic carbocycles. The van der Waals surface area contributed by atoms with Crippen molar-refractivity contribution in [2.24, 2.45) is 0 Å². The van der Waals surface area contributed by atoms with Crippen LogP contribution in [0.2, 0.25) is 0 Å². The van der Waals surface area contributed by atoms with E-state index < -0.39 is 0 Å². The van der Waals surface area contributed by atoms with Crippen LogP contribution in [0.5, 0.6) is 6.01 Å². The molecule has 0 saturated carbocycles. The average molecular weight is 258 g/mol. The molecule has 0 aliphatic heterocycles. The van der Waals surface area contributed by atoms with Crippen molar-refractivity contribution >= 4 is 11.6 Å². The van der Waals surface area contributed by atoms with Crippen molar-refractivity contribution < 1.29 is 9.53 Å². The number of aromatic nitrogens is 3. The van der Waals surface area contributed by atoms with Gasteiger partial charge in [0.1, 0.15) is 0 Å². The van der Waals surface area contributed by atoms with E-state index in [9.17, 15) is 4.79 Å². The molecule has 2 aromatic rings. The highest BCUT2D eigenvalue weighted by Crippen LogP contribution is 2.19. The third-order valence-electron chi connectivity index (χ3n) is 2.60. The lowest BCUT2D eigenvalue weighted by Crippen LogP contribution is -2.15. The Morgan fingerprint density at radius 3 is 2.47 bits per heavy atom. The van der Waals surface area contributed by atoms with Gasteiger partial charge in [0.2, 0.25) is 0 Å². The Kier molecular flexibility index (Phi) is 3.70. The molecule has 0 bridgehead atoms. The van der Waals surface area contributed by atoms with E-state index in [1.165, 1.54) is 13.3 Å². The molecule has 2 heterocycles. The smallest absolute Gasteiger partial charge is 0.316 e. The van der Waals surface area contributed by atoms with E-state index in [0.717, 1.165) is 0 Å². The summed E-state index contributed by atoms with van der Waals surface area (Å²) in [5, 5.41) is 2.79. The van der Waals surface area contributed by atoms with E-state index in [-0.39, 0.29) is 11.9 Å². The number of ether oxygens (including phenoxy) is 1. The molecule has 6 heteroatoms. The molecule has 0 saturated heterocycles. The van der Waals surface area contributed by atoms with E-state index in [2.05, 4.69) is 20.3 Å². The fraction of sp³-hybridized carbons (Fsp3) is 0.231. The number of anilines is 1. The van der Waals surface area contributed by atoms with Crippen LogP contribution in [-0.2, 0) is 0 Å². The van der Waals surface area contributed by atoms with Crippen LogP contribution in [-0.4, -0.2) is 28.0 Å². The zero-order valence-electron chi connectivity index (χ0n) is 11.0. The van der Waals surface area contributed by atoms with E-state index in [0.29, 0.717) is 22.6 Å². The van der Waals surface area contributed by atoms with E-state index >= 15 is 0 Å². The molecule has 0 fully saturated rings. The second-order valence-electron chi connectivity index (χ2n) is 3.95. The summed E-state index contributed by atoms with van der Waals surface area (Å²) in [6.07, 6.45) is 3.12. The lowest BCUT2D eigenvalue weighted by atomic mass is 10.2. The summed E-state index contributed by atoms with van der Waals surface area (Å²) < 4.78 is 4.98. The van der Waals surface area contributed by atoms with Gasteiger partial charge in [0.25, 0.3) is 5.91 Å². The van der Waals surface area contributed by atoms with E-state index in [1.54, 1.807) is 32.2 Å². The van der Waals surface area contributed by atoms with Crippen LogP contribution in [0.4, 0.5) is 5.69 Å². The molecule has 0 atom stereocenters. The predicted octanol–water partition coefficient (Wildman–Crippen LogP) is 1.75. The average Bonchev–Trinajstić information content (AvgIpc) is 2.43. The minimum atomic E-state index is -0.243. The first kappa shape index (κ1) is 12.9. The molecule has 19 heavy (non-hydrogen) atoms. The van der Waals surface area contributed by atoms with Crippen molar-refractivity contribution in [1.29, 1.82) is 0 Å². The molecule has 98 valence electrons. The molecule has 0 radical (unpaired) electrons. The number of rotatable bonds is 3. The van der Waals surface area contributed by atoms with Gasteiger partial charge >= 0.3 is 6.01 Å². The van der Waals surface area contributed by atoms with Crippen LogP contribution in [0.25, 0.3) is 0 Å². The topological polar surface area (TPSA) is 77.0 Å². The van der Waals surface area contributed by atoms with Gasteiger partial charge in [-0.1, -0.05) is 0 Å². The van der Waals surface area contributed by atoms with Gasteiger partial charge in [-0.25, -0.2) is 0 Å². The number of carbonyl (C=O) groups excluding carboxylic acids is 1. The third-order valence-corrected chi connectivity index (χ3v) is 2.60. The first-order valence-corrected chi connectivity index (χ1v) is 5.72. The highest BCUT2D eigenvalue weighted by atomic mass is 16.5. The van der Waals surface area contributed by atoms with Gasteiger partial charge in [-0.2, -0.15) is 9.97 Å². The summed E-state index contributed by atoms with van der Waals surface area (Å²) in [4.78, 5) is 24.2. The van der Waals surface area contributed by atoms with Gasteiger partial charge < -0.3 is 10.1 Å².